The van der Waals surface area contributed by atoms with E-state index in [1.807, 2.05) is 18.2 Å². The van der Waals surface area contributed by atoms with Gasteiger partial charge in [0, 0.05) is 36.3 Å². The minimum absolute atomic E-state index is 0.121. The predicted molar refractivity (Wildman–Crippen MR) is 63.4 cm³/mol. The number of carboxylic acids is 1. The highest BCUT2D eigenvalue weighted by atomic mass is 16.4. The number of aliphatic carboxylic acids is 1. The molecule has 0 aromatic carbocycles. The van der Waals surface area contributed by atoms with Crippen molar-refractivity contribution in [2.45, 2.75) is 37.8 Å². The highest BCUT2D eigenvalue weighted by molar-refractivity contribution is 5.66. The largest absolute Gasteiger partial charge is 0.481 e. The minimum atomic E-state index is -0.758. The lowest BCUT2D eigenvalue weighted by Crippen LogP contribution is -2.32. The third-order valence-corrected chi connectivity index (χ3v) is 3.17. The lowest BCUT2D eigenvalue weighted by Gasteiger charge is -2.19. The van der Waals surface area contributed by atoms with Crippen LogP contribution in [0.5, 0.6) is 0 Å². The van der Waals surface area contributed by atoms with Gasteiger partial charge >= 0.3 is 5.97 Å². The lowest BCUT2D eigenvalue weighted by molar-refractivity contribution is -0.137. The predicted octanol–water partition coefficient (Wildman–Crippen LogP) is 0.895. The SMILES string of the molecule is CC1NNC(CCC(=O)O)C1c1ccccn1. The van der Waals surface area contributed by atoms with E-state index in [1.54, 1.807) is 6.20 Å². The molecule has 17 heavy (non-hydrogen) atoms. The van der Waals surface area contributed by atoms with Crippen molar-refractivity contribution >= 4 is 5.97 Å². The number of pyridine rings is 1. The van der Waals surface area contributed by atoms with Crippen LogP contribution >= 0.6 is 0 Å². The molecule has 1 aliphatic heterocycles. The summed E-state index contributed by atoms with van der Waals surface area (Å²) in [5.74, 6) is -0.540. The first-order valence-electron chi connectivity index (χ1n) is 5.82. The van der Waals surface area contributed by atoms with Crippen LogP contribution in [0.4, 0.5) is 0 Å². The van der Waals surface area contributed by atoms with E-state index in [-0.39, 0.29) is 24.4 Å². The second kappa shape index (κ2) is 5.25. The summed E-state index contributed by atoms with van der Waals surface area (Å²) in [4.78, 5) is 15.0. The molecule has 0 amide bonds. The normalized spacial score (nSPS) is 28.2. The van der Waals surface area contributed by atoms with E-state index in [0.717, 1.165) is 5.69 Å². The molecule has 3 atom stereocenters. The molecule has 5 nitrogen and oxygen atoms in total. The van der Waals surface area contributed by atoms with Crippen LogP contribution in [0.2, 0.25) is 0 Å². The molecule has 1 fully saturated rings. The van der Waals surface area contributed by atoms with Crippen molar-refractivity contribution in [1.29, 1.82) is 0 Å². The van der Waals surface area contributed by atoms with Gasteiger partial charge in [-0.05, 0) is 25.5 Å². The van der Waals surface area contributed by atoms with E-state index < -0.39 is 5.97 Å². The number of hydrogen-bond donors (Lipinski definition) is 3. The Morgan fingerprint density at radius 3 is 2.94 bits per heavy atom. The van der Waals surface area contributed by atoms with Crippen LogP contribution < -0.4 is 10.9 Å². The summed E-state index contributed by atoms with van der Waals surface area (Å²) in [6, 6.07) is 6.21. The first kappa shape index (κ1) is 12.0. The van der Waals surface area contributed by atoms with Gasteiger partial charge in [0.1, 0.15) is 0 Å². The van der Waals surface area contributed by atoms with E-state index in [4.69, 9.17) is 5.11 Å². The Hall–Kier alpha value is -1.46. The van der Waals surface area contributed by atoms with E-state index >= 15 is 0 Å². The van der Waals surface area contributed by atoms with Crippen molar-refractivity contribution in [3.63, 3.8) is 0 Å². The van der Waals surface area contributed by atoms with Gasteiger partial charge in [0.15, 0.2) is 0 Å². The number of carbonyl (C=O) groups is 1. The lowest BCUT2D eigenvalue weighted by atomic mass is 9.89. The molecule has 2 heterocycles. The van der Waals surface area contributed by atoms with E-state index in [9.17, 15) is 4.79 Å². The summed E-state index contributed by atoms with van der Waals surface area (Å²) >= 11 is 0. The maximum Gasteiger partial charge on any atom is 0.303 e. The Morgan fingerprint density at radius 2 is 2.29 bits per heavy atom. The minimum Gasteiger partial charge on any atom is -0.481 e. The van der Waals surface area contributed by atoms with Crippen molar-refractivity contribution in [2.24, 2.45) is 0 Å². The molecule has 0 aliphatic carbocycles. The second-order valence-electron chi connectivity index (χ2n) is 4.40. The molecule has 1 saturated heterocycles. The highest BCUT2D eigenvalue weighted by Gasteiger charge is 2.34. The zero-order valence-corrected chi connectivity index (χ0v) is 9.76. The maximum atomic E-state index is 10.6. The second-order valence-corrected chi connectivity index (χ2v) is 4.40. The average Bonchev–Trinajstić information content (AvgIpc) is 2.69. The number of nitrogens with zero attached hydrogens (tertiary/aromatic N) is 1. The van der Waals surface area contributed by atoms with Crippen LogP contribution in [0.3, 0.4) is 0 Å². The molecular formula is C12H17N3O2. The van der Waals surface area contributed by atoms with Crippen LogP contribution in [-0.2, 0) is 4.79 Å². The Kier molecular flexibility index (Phi) is 3.71. The van der Waals surface area contributed by atoms with Crippen LogP contribution in [0, 0.1) is 0 Å². The van der Waals surface area contributed by atoms with Crippen molar-refractivity contribution in [1.82, 2.24) is 15.8 Å². The van der Waals surface area contributed by atoms with Crippen molar-refractivity contribution in [3.8, 4) is 0 Å². The van der Waals surface area contributed by atoms with Gasteiger partial charge in [-0.15, -0.1) is 0 Å². The number of carboxylic acid groups (broad SMARTS) is 1. The van der Waals surface area contributed by atoms with Crippen LogP contribution in [-0.4, -0.2) is 28.1 Å². The molecule has 0 bridgehead atoms. The van der Waals surface area contributed by atoms with Gasteiger partial charge in [0.05, 0.1) is 0 Å². The molecule has 3 unspecified atom stereocenters. The van der Waals surface area contributed by atoms with Gasteiger partial charge in [-0.2, -0.15) is 0 Å². The van der Waals surface area contributed by atoms with E-state index in [2.05, 4.69) is 22.8 Å². The quantitative estimate of drug-likeness (QED) is 0.723. The summed E-state index contributed by atoms with van der Waals surface area (Å²) in [6.07, 6.45) is 2.55. The number of hydrazine groups is 1. The fourth-order valence-corrected chi connectivity index (χ4v) is 2.33. The van der Waals surface area contributed by atoms with Gasteiger partial charge < -0.3 is 5.11 Å². The monoisotopic (exact) mass is 235 g/mol. The van der Waals surface area contributed by atoms with Gasteiger partial charge in [0.2, 0.25) is 0 Å². The molecule has 2 rings (SSSR count). The smallest absolute Gasteiger partial charge is 0.303 e. The molecule has 1 aromatic heterocycles. The van der Waals surface area contributed by atoms with Crippen LogP contribution in [0.25, 0.3) is 0 Å². The summed E-state index contributed by atoms with van der Waals surface area (Å²) in [5.41, 5.74) is 7.32. The molecule has 1 aliphatic rings. The number of nitrogens with one attached hydrogen (secondary N) is 2. The first-order valence-corrected chi connectivity index (χ1v) is 5.82. The van der Waals surface area contributed by atoms with Crippen LogP contribution in [0.15, 0.2) is 24.4 Å². The molecule has 3 N–H and O–H groups in total. The van der Waals surface area contributed by atoms with Gasteiger partial charge in [0.25, 0.3) is 0 Å². The Morgan fingerprint density at radius 1 is 1.47 bits per heavy atom. The van der Waals surface area contributed by atoms with Gasteiger partial charge in [-0.1, -0.05) is 6.07 Å². The summed E-state index contributed by atoms with van der Waals surface area (Å²) in [7, 11) is 0. The van der Waals surface area contributed by atoms with Gasteiger partial charge in [-0.25, -0.2) is 0 Å². The Labute approximate surface area is 100 Å². The molecule has 1 aromatic rings. The first-order chi connectivity index (χ1) is 8.18. The van der Waals surface area contributed by atoms with Crippen LogP contribution in [0.1, 0.15) is 31.4 Å². The Bertz CT molecular complexity index is 383. The third kappa shape index (κ3) is 2.81. The third-order valence-electron chi connectivity index (χ3n) is 3.17. The van der Waals surface area contributed by atoms with Crippen molar-refractivity contribution < 1.29 is 9.90 Å². The standard InChI is InChI=1S/C12H17N3O2/c1-8-12(9-4-2-3-7-13-9)10(15-14-8)5-6-11(16)17/h2-4,7-8,10,12,14-15H,5-6H2,1H3,(H,16,17). The maximum absolute atomic E-state index is 10.6. The zero-order chi connectivity index (χ0) is 12.3. The fraction of sp³-hybridized carbons (Fsp3) is 0.500. The zero-order valence-electron chi connectivity index (χ0n) is 9.76. The van der Waals surface area contributed by atoms with Gasteiger partial charge in [-0.3, -0.25) is 20.6 Å². The number of rotatable bonds is 4. The molecule has 5 heteroatoms. The summed E-state index contributed by atoms with van der Waals surface area (Å²) in [5, 5.41) is 8.73. The van der Waals surface area contributed by atoms with Crippen molar-refractivity contribution in [3.05, 3.63) is 30.1 Å². The molecule has 0 spiro atoms. The summed E-state index contributed by atoms with van der Waals surface area (Å²) in [6.45, 7) is 2.08. The molecule has 0 saturated carbocycles. The number of aromatic nitrogens is 1. The molecule has 0 radical (unpaired) electrons. The fourth-order valence-electron chi connectivity index (χ4n) is 2.33. The van der Waals surface area contributed by atoms with E-state index in [1.165, 1.54) is 0 Å². The highest BCUT2D eigenvalue weighted by Crippen LogP contribution is 2.27. The topological polar surface area (TPSA) is 74.2 Å². The van der Waals surface area contributed by atoms with Crippen molar-refractivity contribution in [2.75, 3.05) is 0 Å². The number of hydrogen-bond acceptors (Lipinski definition) is 4. The molecule has 92 valence electrons. The average molecular weight is 235 g/mol. The van der Waals surface area contributed by atoms with E-state index in [0.29, 0.717) is 6.42 Å². The molecular weight excluding hydrogens is 218 g/mol. The Balaban J connectivity index is 2.09. The summed E-state index contributed by atoms with van der Waals surface area (Å²) < 4.78 is 0.